The molecule has 0 bridgehead atoms. The van der Waals surface area contributed by atoms with Crippen LogP contribution in [0.15, 0.2) is 51.9 Å². The molecule has 1 aromatic heterocycles. The van der Waals surface area contributed by atoms with Gasteiger partial charge in [0.05, 0.1) is 29.7 Å². The van der Waals surface area contributed by atoms with Crippen molar-refractivity contribution in [3.05, 3.63) is 58.4 Å². The molecular weight excluding hydrogens is 510 g/mol. The summed E-state index contributed by atoms with van der Waals surface area (Å²) in [4.78, 5) is 17.6. The van der Waals surface area contributed by atoms with E-state index in [1.54, 1.807) is 24.5 Å². The van der Waals surface area contributed by atoms with E-state index in [1.807, 2.05) is 18.2 Å². The smallest absolute Gasteiger partial charge is 0.235 e. The Morgan fingerprint density at radius 3 is 2.61 bits per heavy atom. The van der Waals surface area contributed by atoms with Gasteiger partial charge in [-0.3, -0.25) is 14.4 Å². The van der Waals surface area contributed by atoms with Gasteiger partial charge >= 0.3 is 0 Å². The minimum absolute atomic E-state index is 0.0126. The third kappa shape index (κ3) is 6.23. The lowest BCUT2D eigenvalue weighted by molar-refractivity contribution is 0.174. The van der Waals surface area contributed by atoms with Crippen LogP contribution < -0.4 is 24.5 Å². The van der Waals surface area contributed by atoms with Gasteiger partial charge in [0.25, 0.3) is 0 Å². The highest BCUT2D eigenvalue weighted by molar-refractivity contribution is 7.92. The van der Waals surface area contributed by atoms with E-state index in [0.717, 1.165) is 51.3 Å². The molecule has 2 aromatic carbocycles. The summed E-state index contributed by atoms with van der Waals surface area (Å²) in [5.74, 6) is 1.10. The molecule has 5 rings (SSSR count). The van der Waals surface area contributed by atoms with E-state index in [1.165, 1.54) is 7.11 Å². The van der Waals surface area contributed by atoms with Gasteiger partial charge in [0.15, 0.2) is 16.9 Å². The van der Waals surface area contributed by atoms with Crippen LogP contribution in [0.25, 0.3) is 11.0 Å². The van der Waals surface area contributed by atoms with Gasteiger partial charge in [0, 0.05) is 50.6 Å². The Kier molecular flexibility index (Phi) is 8.06. The van der Waals surface area contributed by atoms with Gasteiger partial charge in [-0.25, -0.2) is 8.42 Å². The van der Waals surface area contributed by atoms with E-state index in [0.29, 0.717) is 40.1 Å². The predicted octanol–water partition coefficient (Wildman–Crippen LogP) is 3.05. The van der Waals surface area contributed by atoms with E-state index < -0.39 is 10.0 Å². The lowest BCUT2D eigenvalue weighted by Crippen LogP contribution is -2.46. The zero-order valence-electron chi connectivity index (χ0n) is 21.5. The summed E-state index contributed by atoms with van der Waals surface area (Å²) in [5, 5.41) is 0.523. The Morgan fingerprint density at radius 1 is 1.03 bits per heavy atom. The Bertz CT molecular complexity index is 1430. The molecule has 0 amide bonds. The third-order valence-electron chi connectivity index (χ3n) is 6.92. The highest BCUT2D eigenvalue weighted by Gasteiger charge is 2.19. The fourth-order valence-electron chi connectivity index (χ4n) is 4.80. The van der Waals surface area contributed by atoms with E-state index in [2.05, 4.69) is 14.5 Å². The van der Waals surface area contributed by atoms with Crippen molar-refractivity contribution < 1.29 is 27.0 Å². The summed E-state index contributed by atoms with van der Waals surface area (Å²) in [7, 11) is -1.96. The maximum Gasteiger partial charge on any atom is 0.235 e. The molecule has 0 aliphatic carbocycles. The molecule has 1 saturated heterocycles. The predicted molar refractivity (Wildman–Crippen MR) is 146 cm³/mol. The lowest BCUT2D eigenvalue weighted by Gasteiger charge is -2.36. The van der Waals surface area contributed by atoms with Crippen molar-refractivity contribution in [2.24, 2.45) is 0 Å². The molecule has 204 valence electrons. The molecule has 0 atom stereocenters. The first-order valence-corrected chi connectivity index (χ1v) is 14.5. The Balaban J connectivity index is 1.08. The first-order chi connectivity index (χ1) is 18.4. The molecule has 2 aliphatic rings. The SMILES string of the molecule is COCCS(=O)(=O)Nc1cccc(N2CCN(CCCCc3coc4cc5c(cc4c3=O)OCO5)CC2)c1. The Labute approximate surface area is 222 Å². The van der Waals surface area contributed by atoms with Crippen LogP contribution in [0, 0.1) is 0 Å². The van der Waals surface area contributed by atoms with Crippen LogP contribution in [0.3, 0.4) is 0 Å². The van der Waals surface area contributed by atoms with E-state index in [4.69, 9.17) is 18.6 Å². The molecule has 1 N–H and O–H groups in total. The normalized spacial score (nSPS) is 15.8. The number of ether oxygens (including phenoxy) is 3. The molecule has 0 saturated carbocycles. The second kappa shape index (κ2) is 11.6. The number of hydrogen-bond acceptors (Lipinski definition) is 9. The zero-order chi connectivity index (χ0) is 26.5. The number of anilines is 2. The van der Waals surface area contributed by atoms with E-state index in [9.17, 15) is 13.2 Å². The number of nitrogens with zero attached hydrogens (tertiary/aromatic N) is 2. The highest BCUT2D eigenvalue weighted by Crippen LogP contribution is 2.35. The van der Waals surface area contributed by atoms with Crippen molar-refractivity contribution in [2.75, 3.05) is 68.6 Å². The van der Waals surface area contributed by atoms with Crippen LogP contribution >= 0.6 is 0 Å². The summed E-state index contributed by atoms with van der Waals surface area (Å²) in [6.45, 7) is 4.85. The number of unbranched alkanes of at least 4 members (excludes halogenated alkanes) is 1. The van der Waals surface area contributed by atoms with Crippen molar-refractivity contribution in [1.29, 1.82) is 0 Å². The summed E-state index contributed by atoms with van der Waals surface area (Å²) in [6.07, 6.45) is 4.11. The lowest BCUT2D eigenvalue weighted by atomic mass is 10.1. The standard InChI is InChI=1S/C27H33N3O7S/c1-34-13-14-38(32,33)28-21-6-4-7-22(15-21)30-11-9-29(10-12-30)8-3-2-5-20-18-35-24-17-26-25(36-19-37-26)16-23(24)27(20)31/h4,6-7,15-18,28H,2-3,5,8-14,19H2,1H3. The van der Waals surface area contributed by atoms with Crippen LogP contribution in [0.2, 0.25) is 0 Å². The quantitative estimate of drug-likeness (QED) is 0.365. The van der Waals surface area contributed by atoms with Crippen molar-refractivity contribution >= 4 is 32.4 Å². The van der Waals surface area contributed by atoms with Crippen molar-refractivity contribution in [3.63, 3.8) is 0 Å². The fraction of sp³-hybridized carbons (Fsp3) is 0.444. The third-order valence-corrected chi connectivity index (χ3v) is 8.17. The number of rotatable bonds is 11. The number of aryl methyl sites for hydroxylation is 1. The molecule has 1 fully saturated rings. The van der Waals surface area contributed by atoms with E-state index >= 15 is 0 Å². The van der Waals surface area contributed by atoms with Crippen LogP contribution in [-0.4, -0.2) is 72.3 Å². The van der Waals surface area contributed by atoms with Crippen LogP contribution in [0.4, 0.5) is 11.4 Å². The van der Waals surface area contributed by atoms with Crippen molar-refractivity contribution in [3.8, 4) is 11.5 Å². The molecule has 0 spiro atoms. The minimum atomic E-state index is -3.44. The molecule has 0 radical (unpaired) electrons. The molecule has 2 aliphatic heterocycles. The Hall–Kier alpha value is -3.28. The molecule has 3 aromatic rings. The van der Waals surface area contributed by atoms with Gasteiger partial charge in [-0.1, -0.05) is 6.07 Å². The van der Waals surface area contributed by atoms with Crippen LogP contribution in [0.5, 0.6) is 11.5 Å². The summed E-state index contributed by atoms with van der Waals surface area (Å²) in [5.41, 5.74) is 2.74. The summed E-state index contributed by atoms with van der Waals surface area (Å²) in [6, 6.07) is 10.9. The average Bonchev–Trinajstić information content (AvgIpc) is 3.38. The van der Waals surface area contributed by atoms with Gasteiger partial charge in [-0.15, -0.1) is 0 Å². The summed E-state index contributed by atoms with van der Waals surface area (Å²) >= 11 is 0. The topological polar surface area (TPSA) is 111 Å². The minimum Gasteiger partial charge on any atom is -0.464 e. The van der Waals surface area contributed by atoms with Gasteiger partial charge in [0.1, 0.15) is 5.58 Å². The number of fused-ring (bicyclic) bond motifs is 2. The van der Waals surface area contributed by atoms with E-state index in [-0.39, 0.29) is 24.6 Å². The average molecular weight is 544 g/mol. The maximum absolute atomic E-state index is 12.9. The molecule has 38 heavy (non-hydrogen) atoms. The Morgan fingerprint density at radius 2 is 1.82 bits per heavy atom. The number of nitrogens with one attached hydrogen (secondary N) is 1. The van der Waals surface area contributed by atoms with Crippen molar-refractivity contribution in [2.45, 2.75) is 19.3 Å². The number of sulfonamides is 1. The molecule has 11 heteroatoms. The molecule has 0 unspecified atom stereocenters. The summed E-state index contributed by atoms with van der Waals surface area (Å²) < 4.78 is 48.3. The second-order valence-electron chi connectivity index (χ2n) is 9.54. The van der Waals surface area contributed by atoms with Gasteiger partial charge in [0.2, 0.25) is 16.8 Å². The van der Waals surface area contributed by atoms with Gasteiger partial charge < -0.3 is 23.5 Å². The monoisotopic (exact) mass is 543 g/mol. The zero-order valence-corrected chi connectivity index (χ0v) is 22.3. The van der Waals surface area contributed by atoms with Crippen LogP contribution in [-0.2, 0) is 21.2 Å². The van der Waals surface area contributed by atoms with Crippen LogP contribution in [0.1, 0.15) is 18.4 Å². The number of hydrogen-bond donors (Lipinski definition) is 1. The number of benzene rings is 2. The van der Waals surface area contributed by atoms with Gasteiger partial charge in [-0.2, -0.15) is 0 Å². The largest absolute Gasteiger partial charge is 0.464 e. The molecule has 3 heterocycles. The first kappa shape index (κ1) is 26.3. The highest BCUT2D eigenvalue weighted by atomic mass is 32.2. The maximum atomic E-state index is 12.9. The number of piperazine rings is 1. The van der Waals surface area contributed by atoms with Gasteiger partial charge in [-0.05, 0) is 50.1 Å². The first-order valence-electron chi connectivity index (χ1n) is 12.8. The second-order valence-corrected chi connectivity index (χ2v) is 11.4. The fourth-order valence-corrected chi connectivity index (χ4v) is 5.78. The molecule has 10 nitrogen and oxygen atoms in total. The number of methoxy groups -OCH3 is 1. The molecular formula is C27H33N3O7S. The van der Waals surface area contributed by atoms with Crippen molar-refractivity contribution in [1.82, 2.24) is 4.90 Å².